The van der Waals surface area contributed by atoms with E-state index in [9.17, 15) is 13.2 Å². The van der Waals surface area contributed by atoms with Gasteiger partial charge in [-0.05, 0) is 18.2 Å². The number of hydrogen-bond acceptors (Lipinski definition) is 3. The van der Waals surface area contributed by atoms with Crippen molar-refractivity contribution in [3.8, 4) is 0 Å². The number of primary amides is 1. The largest absolute Gasteiger partial charge is 0.366 e. The van der Waals surface area contributed by atoms with Gasteiger partial charge in [-0.3, -0.25) is 9.52 Å². The fraction of sp³-hybridized carbons (Fsp3) is 0.125. The number of carbonyl (C=O) groups is 1. The summed E-state index contributed by atoms with van der Waals surface area (Å²) in [7, 11) is -3.55. The molecular weight excluding hydrogens is 240 g/mol. The van der Waals surface area contributed by atoms with Gasteiger partial charge >= 0.3 is 0 Å². The second-order valence-corrected chi connectivity index (χ2v) is 5.08. The van der Waals surface area contributed by atoms with E-state index in [-0.39, 0.29) is 11.3 Å². The Labute approximate surface area is 92.3 Å². The minimum absolute atomic E-state index is 0.227. The van der Waals surface area contributed by atoms with Crippen molar-refractivity contribution in [2.75, 3.05) is 9.93 Å². The van der Waals surface area contributed by atoms with Gasteiger partial charge in [-0.2, -0.15) is 0 Å². The van der Waals surface area contributed by atoms with Gasteiger partial charge in [0, 0.05) is 11.3 Å². The van der Waals surface area contributed by atoms with Crippen molar-refractivity contribution >= 4 is 33.2 Å². The van der Waals surface area contributed by atoms with E-state index >= 15 is 0 Å². The lowest BCUT2D eigenvalue weighted by Crippen LogP contribution is -2.15. The van der Waals surface area contributed by atoms with E-state index in [0.717, 1.165) is 0 Å². The second-order valence-electron chi connectivity index (χ2n) is 2.77. The molecule has 0 spiro atoms. The monoisotopic (exact) mass is 248 g/mol. The zero-order valence-electron chi connectivity index (χ0n) is 7.60. The Hall–Kier alpha value is -1.27. The number of nitrogens with one attached hydrogen (secondary N) is 1. The third-order valence-corrected chi connectivity index (χ3v) is 3.26. The molecule has 5 nitrogen and oxygen atoms in total. The van der Waals surface area contributed by atoms with Crippen LogP contribution in [0, 0.1) is 0 Å². The van der Waals surface area contributed by atoms with Crippen LogP contribution in [0.3, 0.4) is 0 Å². The molecule has 0 bridgehead atoms. The molecule has 0 aliphatic rings. The number of alkyl halides is 1. The Balaban J connectivity index is 2.97. The molecule has 0 aromatic heterocycles. The summed E-state index contributed by atoms with van der Waals surface area (Å²) in [4.78, 5) is 10.8. The molecule has 82 valence electrons. The highest BCUT2D eigenvalue weighted by Crippen LogP contribution is 2.12. The Bertz CT molecular complexity index is 473. The summed E-state index contributed by atoms with van der Waals surface area (Å²) in [5.74, 6) is -0.623. The van der Waals surface area contributed by atoms with Crippen LogP contribution in [-0.2, 0) is 10.0 Å². The van der Waals surface area contributed by atoms with Crippen LogP contribution in [0.5, 0.6) is 0 Å². The zero-order valence-corrected chi connectivity index (χ0v) is 9.18. The van der Waals surface area contributed by atoms with Gasteiger partial charge in [0.15, 0.2) is 0 Å². The number of amides is 1. The molecular formula is C8H9ClN2O3S. The average molecular weight is 249 g/mol. The highest BCUT2D eigenvalue weighted by atomic mass is 35.5. The molecule has 0 unspecified atom stereocenters. The van der Waals surface area contributed by atoms with E-state index in [4.69, 9.17) is 17.3 Å². The van der Waals surface area contributed by atoms with Crippen molar-refractivity contribution in [2.45, 2.75) is 0 Å². The average Bonchev–Trinajstić information content (AvgIpc) is 2.17. The topological polar surface area (TPSA) is 89.3 Å². The first kappa shape index (κ1) is 11.8. The number of anilines is 1. The first-order valence-electron chi connectivity index (χ1n) is 3.91. The fourth-order valence-corrected chi connectivity index (χ4v) is 1.65. The summed E-state index contributed by atoms with van der Waals surface area (Å²) in [6.07, 6.45) is 0. The van der Waals surface area contributed by atoms with Crippen LogP contribution >= 0.6 is 11.6 Å². The molecule has 15 heavy (non-hydrogen) atoms. The number of hydrogen-bond donors (Lipinski definition) is 2. The number of sulfonamides is 1. The van der Waals surface area contributed by atoms with Gasteiger partial charge in [0.05, 0.1) is 0 Å². The Morgan fingerprint density at radius 1 is 1.47 bits per heavy atom. The Kier molecular flexibility index (Phi) is 3.54. The third-order valence-electron chi connectivity index (χ3n) is 1.56. The van der Waals surface area contributed by atoms with Crippen LogP contribution in [0.2, 0.25) is 0 Å². The van der Waals surface area contributed by atoms with Crippen LogP contribution < -0.4 is 10.5 Å². The smallest absolute Gasteiger partial charge is 0.248 e. The fourth-order valence-electron chi connectivity index (χ4n) is 0.943. The van der Waals surface area contributed by atoms with Gasteiger partial charge < -0.3 is 5.73 Å². The van der Waals surface area contributed by atoms with Crippen LogP contribution in [0.1, 0.15) is 10.4 Å². The molecule has 1 rings (SSSR count). The number of rotatable bonds is 4. The predicted octanol–water partition coefficient (Wildman–Crippen LogP) is 0.724. The van der Waals surface area contributed by atoms with E-state index in [0.29, 0.717) is 0 Å². The highest BCUT2D eigenvalue weighted by molar-refractivity contribution is 7.93. The van der Waals surface area contributed by atoms with Crippen molar-refractivity contribution in [1.82, 2.24) is 0 Å². The maximum absolute atomic E-state index is 11.1. The third kappa shape index (κ3) is 3.41. The standard InChI is InChI=1S/C8H9ClN2O3S/c9-5-15(13,14)11-7-3-1-2-6(4-7)8(10)12/h1-4,11H,5H2,(H2,10,12). The minimum Gasteiger partial charge on any atom is -0.366 e. The van der Waals surface area contributed by atoms with Crippen molar-refractivity contribution in [3.63, 3.8) is 0 Å². The van der Waals surface area contributed by atoms with Crippen LogP contribution in [-0.4, -0.2) is 19.5 Å². The maximum atomic E-state index is 11.1. The van der Waals surface area contributed by atoms with E-state index in [1.165, 1.54) is 24.3 Å². The lowest BCUT2D eigenvalue weighted by Gasteiger charge is -2.05. The lowest BCUT2D eigenvalue weighted by atomic mass is 10.2. The number of nitrogens with two attached hydrogens (primary N) is 1. The normalized spacial score (nSPS) is 11.0. The van der Waals surface area contributed by atoms with Crippen LogP contribution in [0.4, 0.5) is 5.69 Å². The molecule has 1 amide bonds. The van der Waals surface area contributed by atoms with Gasteiger partial charge in [-0.25, -0.2) is 8.42 Å². The first-order chi connectivity index (χ1) is 6.94. The minimum atomic E-state index is -3.55. The molecule has 0 saturated heterocycles. The SMILES string of the molecule is NC(=O)c1cccc(NS(=O)(=O)CCl)c1. The molecule has 7 heteroatoms. The first-order valence-corrected chi connectivity index (χ1v) is 6.09. The molecule has 0 atom stereocenters. The molecule has 3 N–H and O–H groups in total. The maximum Gasteiger partial charge on any atom is 0.248 e. The van der Waals surface area contributed by atoms with Crippen molar-refractivity contribution < 1.29 is 13.2 Å². The summed E-state index contributed by atoms with van der Waals surface area (Å²) >= 11 is 5.20. The molecule has 0 fully saturated rings. The summed E-state index contributed by atoms with van der Waals surface area (Å²) in [6, 6.07) is 5.84. The van der Waals surface area contributed by atoms with E-state index in [1.807, 2.05) is 0 Å². The molecule has 0 radical (unpaired) electrons. The second kappa shape index (κ2) is 4.50. The van der Waals surface area contributed by atoms with Gasteiger partial charge in [0.25, 0.3) is 0 Å². The number of carbonyl (C=O) groups excluding carboxylic acids is 1. The summed E-state index contributed by atoms with van der Waals surface area (Å²) < 4.78 is 24.4. The predicted molar refractivity (Wildman–Crippen MR) is 58.2 cm³/mol. The molecule has 0 saturated carbocycles. The Morgan fingerprint density at radius 2 is 2.13 bits per heavy atom. The molecule has 0 aliphatic heterocycles. The van der Waals surface area contributed by atoms with Crippen molar-refractivity contribution in [1.29, 1.82) is 0 Å². The molecule has 1 aromatic rings. The summed E-state index contributed by atoms with van der Waals surface area (Å²) in [5, 5.41) is -0.548. The van der Waals surface area contributed by atoms with Gasteiger partial charge in [-0.1, -0.05) is 6.07 Å². The molecule has 1 aromatic carbocycles. The van der Waals surface area contributed by atoms with Gasteiger partial charge in [0.1, 0.15) is 5.21 Å². The van der Waals surface area contributed by atoms with Crippen LogP contribution in [0.15, 0.2) is 24.3 Å². The van der Waals surface area contributed by atoms with E-state index in [2.05, 4.69) is 4.72 Å². The van der Waals surface area contributed by atoms with Gasteiger partial charge in [0.2, 0.25) is 15.9 Å². The van der Waals surface area contributed by atoms with Crippen molar-refractivity contribution in [2.24, 2.45) is 5.73 Å². The van der Waals surface area contributed by atoms with E-state index < -0.39 is 21.1 Å². The molecule has 0 heterocycles. The Morgan fingerprint density at radius 3 is 2.67 bits per heavy atom. The summed E-state index contributed by atoms with van der Waals surface area (Å²) in [5.41, 5.74) is 5.52. The lowest BCUT2D eigenvalue weighted by molar-refractivity contribution is 0.100. The van der Waals surface area contributed by atoms with E-state index in [1.54, 1.807) is 0 Å². The number of benzene rings is 1. The number of halogens is 1. The molecule has 0 aliphatic carbocycles. The quantitative estimate of drug-likeness (QED) is 0.770. The summed E-state index contributed by atoms with van der Waals surface area (Å²) in [6.45, 7) is 0. The van der Waals surface area contributed by atoms with Crippen LogP contribution in [0.25, 0.3) is 0 Å². The highest BCUT2D eigenvalue weighted by Gasteiger charge is 2.09. The van der Waals surface area contributed by atoms with Crippen molar-refractivity contribution in [3.05, 3.63) is 29.8 Å². The van der Waals surface area contributed by atoms with Gasteiger partial charge in [-0.15, -0.1) is 11.6 Å². The zero-order chi connectivity index (χ0) is 11.5.